The molecule has 1 aromatic heterocycles. The van der Waals surface area contributed by atoms with Crippen LogP contribution in [0.5, 0.6) is 0 Å². The number of nitrogens with zero attached hydrogens (tertiary/aromatic N) is 3. The zero-order valence-electron chi connectivity index (χ0n) is 15.1. The number of aromatic nitrogens is 1. The van der Waals surface area contributed by atoms with Gasteiger partial charge >= 0.3 is 0 Å². The van der Waals surface area contributed by atoms with E-state index in [4.69, 9.17) is 11.6 Å². The first-order valence-corrected chi connectivity index (χ1v) is 9.94. The van der Waals surface area contributed by atoms with Crippen molar-refractivity contribution in [3.63, 3.8) is 0 Å². The van der Waals surface area contributed by atoms with E-state index in [0.29, 0.717) is 16.6 Å². The zero-order chi connectivity index (χ0) is 18.4. The molecule has 140 valence electrons. The predicted molar refractivity (Wildman–Crippen MR) is 105 cm³/mol. The number of carbonyl (C=O) groups is 1. The molecule has 6 heteroatoms. The summed E-state index contributed by atoms with van der Waals surface area (Å²) in [5.74, 6) is 0.314. The number of pyridine rings is 1. The summed E-state index contributed by atoms with van der Waals surface area (Å²) >= 11 is 5.92. The van der Waals surface area contributed by atoms with Gasteiger partial charge in [0, 0.05) is 62.8 Å². The van der Waals surface area contributed by atoms with Gasteiger partial charge in [0.1, 0.15) is 5.69 Å². The minimum Gasteiger partial charge on any atom is -0.347 e. The fourth-order valence-corrected chi connectivity index (χ4v) is 5.41. The summed E-state index contributed by atoms with van der Waals surface area (Å²) in [4.78, 5) is 22.3. The highest BCUT2D eigenvalue weighted by molar-refractivity contribution is 6.30. The van der Waals surface area contributed by atoms with Gasteiger partial charge in [0.25, 0.3) is 5.91 Å². The van der Waals surface area contributed by atoms with E-state index in [1.807, 2.05) is 0 Å². The molecule has 4 aliphatic rings. The average Bonchev–Trinajstić information content (AvgIpc) is 2.94. The molecule has 6 rings (SSSR count). The number of nitrogens with one attached hydrogen (secondary N) is 1. The third-order valence-corrected chi connectivity index (χ3v) is 6.62. The first kappa shape index (κ1) is 17.2. The van der Waals surface area contributed by atoms with E-state index >= 15 is 0 Å². The van der Waals surface area contributed by atoms with Gasteiger partial charge in [-0.25, -0.2) is 4.98 Å². The second-order valence-electron chi connectivity index (χ2n) is 8.07. The number of carbonyl (C=O) groups excluding carboxylic acids is 1. The minimum absolute atomic E-state index is 0.0823. The SMILES string of the molecule is O=C(NC1C2CN3CCN(C2)CC1(c1ccccc1)C3)c1ccc(Cl)cn1. The van der Waals surface area contributed by atoms with Crippen LogP contribution in [0, 0.1) is 5.92 Å². The Morgan fingerprint density at radius 1 is 1.07 bits per heavy atom. The van der Waals surface area contributed by atoms with Crippen molar-refractivity contribution >= 4 is 17.5 Å². The Morgan fingerprint density at radius 2 is 1.78 bits per heavy atom. The van der Waals surface area contributed by atoms with Gasteiger partial charge < -0.3 is 15.1 Å². The summed E-state index contributed by atoms with van der Waals surface area (Å²) in [5.41, 5.74) is 1.66. The minimum atomic E-state index is -0.108. The van der Waals surface area contributed by atoms with Crippen molar-refractivity contribution in [2.75, 3.05) is 39.3 Å². The number of amides is 1. The molecule has 0 saturated carbocycles. The van der Waals surface area contributed by atoms with Crippen LogP contribution in [0.15, 0.2) is 48.7 Å². The van der Waals surface area contributed by atoms with Gasteiger partial charge in [0.05, 0.1) is 5.02 Å². The molecule has 0 radical (unpaired) electrons. The molecule has 5 nitrogen and oxygen atoms in total. The van der Waals surface area contributed by atoms with E-state index in [1.165, 1.54) is 11.8 Å². The quantitative estimate of drug-likeness (QED) is 0.882. The molecule has 1 aromatic carbocycles. The van der Waals surface area contributed by atoms with Gasteiger partial charge in [-0.1, -0.05) is 41.9 Å². The van der Waals surface area contributed by atoms with E-state index in [2.05, 4.69) is 50.4 Å². The molecule has 4 aliphatic heterocycles. The number of benzene rings is 1. The van der Waals surface area contributed by atoms with Gasteiger partial charge in [0.15, 0.2) is 0 Å². The maximum atomic E-state index is 13.0. The topological polar surface area (TPSA) is 48.5 Å². The van der Waals surface area contributed by atoms with Crippen molar-refractivity contribution in [1.29, 1.82) is 0 Å². The molecule has 1 amide bonds. The summed E-state index contributed by atoms with van der Waals surface area (Å²) in [6.45, 7) is 6.30. The van der Waals surface area contributed by atoms with Gasteiger partial charge in [-0.15, -0.1) is 0 Å². The zero-order valence-corrected chi connectivity index (χ0v) is 15.9. The lowest BCUT2D eigenvalue weighted by molar-refractivity contribution is 0.0179. The fraction of sp³-hybridized carbons (Fsp3) is 0.429. The second kappa shape index (κ2) is 6.59. The van der Waals surface area contributed by atoms with Crippen LogP contribution in [0.2, 0.25) is 5.02 Å². The lowest BCUT2D eigenvalue weighted by atomic mass is 9.64. The predicted octanol–water partition coefficient (Wildman–Crippen LogP) is 2.03. The van der Waals surface area contributed by atoms with Gasteiger partial charge in [-0.05, 0) is 17.7 Å². The Balaban J connectivity index is 1.51. The summed E-state index contributed by atoms with van der Waals surface area (Å²) < 4.78 is 0. The molecule has 4 saturated heterocycles. The fourth-order valence-electron chi connectivity index (χ4n) is 5.29. The van der Waals surface area contributed by atoms with E-state index in [1.54, 1.807) is 12.1 Å². The Morgan fingerprint density at radius 3 is 2.41 bits per heavy atom. The van der Waals surface area contributed by atoms with Crippen LogP contribution in [-0.4, -0.2) is 66.0 Å². The molecule has 1 N–H and O–H groups in total. The van der Waals surface area contributed by atoms with Crippen LogP contribution in [-0.2, 0) is 5.41 Å². The van der Waals surface area contributed by atoms with Crippen LogP contribution in [0.1, 0.15) is 16.1 Å². The monoisotopic (exact) mass is 382 g/mol. The van der Waals surface area contributed by atoms with Gasteiger partial charge in [-0.3, -0.25) is 4.79 Å². The maximum absolute atomic E-state index is 13.0. The average molecular weight is 383 g/mol. The van der Waals surface area contributed by atoms with Gasteiger partial charge in [-0.2, -0.15) is 0 Å². The second-order valence-corrected chi connectivity index (χ2v) is 8.50. The number of fused-ring (bicyclic) bond motifs is 1. The first-order chi connectivity index (χ1) is 13.1. The normalized spacial score (nSPS) is 34.3. The van der Waals surface area contributed by atoms with Crippen molar-refractivity contribution in [3.05, 3.63) is 64.9 Å². The van der Waals surface area contributed by atoms with Crippen molar-refractivity contribution in [3.8, 4) is 0 Å². The van der Waals surface area contributed by atoms with Crippen LogP contribution in [0.3, 0.4) is 0 Å². The molecular formula is C21H23ClN4O. The van der Waals surface area contributed by atoms with Crippen LogP contribution < -0.4 is 5.32 Å². The Bertz CT molecular complexity index is 825. The Kier molecular flexibility index (Phi) is 4.19. The Hall–Kier alpha value is -1.95. The highest BCUT2D eigenvalue weighted by Gasteiger charge is 2.55. The highest BCUT2D eigenvalue weighted by atomic mass is 35.5. The lowest BCUT2D eigenvalue weighted by Gasteiger charge is -2.55. The Labute approximate surface area is 164 Å². The van der Waals surface area contributed by atoms with Crippen LogP contribution >= 0.6 is 11.6 Å². The van der Waals surface area contributed by atoms with E-state index in [9.17, 15) is 4.79 Å². The number of piperidine rings is 2. The molecule has 0 spiro atoms. The third kappa shape index (κ3) is 2.94. The summed E-state index contributed by atoms with van der Waals surface area (Å²) in [6, 6.07) is 14.2. The van der Waals surface area contributed by atoms with Crippen molar-refractivity contribution in [2.24, 2.45) is 5.92 Å². The molecule has 0 aliphatic carbocycles. The number of rotatable bonds is 3. The van der Waals surface area contributed by atoms with E-state index < -0.39 is 0 Å². The molecule has 27 heavy (non-hydrogen) atoms. The van der Waals surface area contributed by atoms with Crippen molar-refractivity contribution in [1.82, 2.24) is 20.1 Å². The largest absolute Gasteiger partial charge is 0.347 e. The first-order valence-electron chi connectivity index (χ1n) is 9.57. The van der Waals surface area contributed by atoms with Crippen molar-refractivity contribution < 1.29 is 4.79 Å². The van der Waals surface area contributed by atoms with E-state index in [0.717, 1.165) is 39.3 Å². The molecule has 5 heterocycles. The molecule has 2 aromatic rings. The smallest absolute Gasteiger partial charge is 0.270 e. The number of halogens is 1. The van der Waals surface area contributed by atoms with E-state index in [-0.39, 0.29) is 17.4 Å². The third-order valence-electron chi connectivity index (χ3n) is 6.39. The lowest BCUT2D eigenvalue weighted by Crippen LogP contribution is -2.70. The molecule has 4 fully saturated rings. The summed E-state index contributed by atoms with van der Waals surface area (Å²) in [6.07, 6.45) is 1.53. The van der Waals surface area contributed by atoms with Crippen molar-refractivity contribution in [2.45, 2.75) is 11.5 Å². The number of hydrogen-bond acceptors (Lipinski definition) is 4. The standard InChI is InChI=1S/C21H23ClN4O/c22-17-6-7-18(23-10-17)20(27)24-19-15-11-25-8-9-26(12-15)14-21(19,13-25)16-4-2-1-3-5-16/h1-7,10,15,19H,8-9,11-14H2,(H,24,27). The maximum Gasteiger partial charge on any atom is 0.270 e. The van der Waals surface area contributed by atoms with Crippen LogP contribution in [0.25, 0.3) is 0 Å². The van der Waals surface area contributed by atoms with Gasteiger partial charge in [0.2, 0.25) is 0 Å². The molecular weight excluding hydrogens is 360 g/mol. The summed E-state index contributed by atoms with van der Waals surface area (Å²) in [7, 11) is 0. The highest BCUT2D eigenvalue weighted by Crippen LogP contribution is 2.43. The summed E-state index contributed by atoms with van der Waals surface area (Å²) in [5, 5.41) is 3.91. The molecule has 4 bridgehead atoms. The number of hydrogen-bond donors (Lipinski definition) is 1. The molecule has 3 unspecified atom stereocenters. The van der Waals surface area contributed by atoms with Crippen LogP contribution in [0.4, 0.5) is 0 Å². The molecule has 3 atom stereocenters.